The van der Waals surface area contributed by atoms with Crippen LogP contribution in [-0.2, 0) is 0 Å². The number of nitrogens with one attached hydrogen (secondary N) is 1. The molecular weight excluding hydrogens is 222 g/mol. The standard InChI is InChI=1S/C10H13N5S/c11-9-13-6-8(16-9)15-5-1-4-12-10(15)14-7-2-3-7/h1,4-7,10,14H,2-3H2,(H2,11,13). The van der Waals surface area contributed by atoms with Crippen LogP contribution in [0, 0.1) is 0 Å². The Balaban J connectivity index is 1.80. The Hall–Kier alpha value is -1.40. The van der Waals surface area contributed by atoms with Gasteiger partial charge in [-0.3, -0.25) is 10.3 Å². The molecule has 84 valence electrons. The number of aliphatic imine (C=N–C) groups is 1. The smallest absolute Gasteiger partial charge is 0.181 e. The van der Waals surface area contributed by atoms with Crippen molar-refractivity contribution in [1.82, 2.24) is 10.3 Å². The fraction of sp³-hybridized carbons (Fsp3) is 0.400. The normalized spacial score (nSPS) is 24.0. The summed E-state index contributed by atoms with van der Waals surface area (Å²) < 4.78 is 0. The van der Waals surface area contributed by atoms with E-state index in [9.17, 15) is 0 Å². The van der Waals surface area contributed by atoms with Crippen molar-refractivity contribution in [3.05, 3.63) is 18.5 Å². The van der Waals surface area contributed by atoms with Crippen molar-refractivity contribution in [3.63, 3.8) is 0 Å². The minimum atomic E-state index is -0.0163. The lowest BCUT2D eigenvalue weighted by atomic mass is 10.4. The number of hydrogen-bond donors (Lipinski definition) is 2. The van der Waals surface area contributed by atoms with E-state index in [1.54, 1.807) is 6.20 Å². The number of rotatable bonds is 3. The summed E-state index contributed by atoms with van der Waals surface area (Å²) in [4.78, 5) is 10.5. The van der Waals surface area contributed by atoms with Crippen LogP contribution in [0.1, 0.15) is 12.8 Å². The van der Waals surface area contributed by atoms with Crippen LogP contribution < -0.4 is 16.0 Å². The minimum absolute atomic E-state index is 0.0163. The lowest BCUT2D eigenvalue weighted by Gasteiger charge is -2.28. The fourth-order valence-electron chi connectivity index (χ4n) is 1.59. The van der Waals surface area contributed by atoms with Gasteiger partial charge in [0.25, 0.3) is 0 Å². The van der Waals surface area contributed by atoms with E-state index in [0.29, 0.717) is 11.2 Å². The van der Waals surface area contributed by atoms with Gasteiger partial charge in [-0.2, -0.15) is 0 Å². The maximum atomic E-state index is 5.64. The van der Waals surface area contributed by atoms with Crippen LogP contribution in [0.4, 0.5) is 10.1 Å². The number of nitrogens with zero attached hydrogens (tertiary/aromatic N) is 3. The molecule has 0 radical (unpaired) electrons. The molecule has 1 aliphatic heterocycles. The van der Waals surface area contributed by atoms with E-state index in [2.05, 4.69) is 20.2 Å². The van der Waals surface area contributed by atoms with E-state index >= 15 is 0 Å². The number of nitrogens with two attached hydrogens (primary N) is 1. The van der Waals surface area contributed by atoms with E-state index in [-0.39, 0.29) is 6.29 Å². The maximum absolute atomic E-state index is 5.64. The summed E-state index contributed by atoms with van der Waals surface area (Å²) in [7, 11) is 0. The lowest BCUT2D eigenvalue weighted by Crippen LogP contribution is -2.43. The Labute approximate surface area is 97.7 Å². The zero-order valence-electron chi connectivity index (χ0n) is 8.71. The van der Waals surface area contributed by atoms with Gasteiger partial charge in [-0.15, -0.1) is 0 Å². The molecule has 1 aromatic rings. The van der Waals surface area contributed by atoms with Gasteiger partial charge in [0.05, 0.1) is 6.20 Å². The van der Waals surface area contributed by atoms with Crippen LogP contribution in [0.3, 0.4) is 0 Å². The highest BCUT2D eigenvalue weighted by Crippen LogP contribution is 2.29. The molecular formula is C10H13N5S. The third kappa shape index (κ3) is 1.94. The third-order valence-electron chi connectivity index (χ3n) is 2.55. The molecule has 0 bridgehead atoms. The summed E-state index contributed by atoms with van der Waals surface area (Å²) in [6.07, 6.45) is 10.00. The van der Waals surface area contributed by atoms with E-state index < -0.39 is 0 Å². The van der Waals surface area contributed by atoms with Crippen LogP contribution in [0.25, 0.3) is 0 Å². The van der Waals surface area contributed by atoms with Gasteiger partial charge in [-0.05, 0) is 18.9 Å². The average Bonchev–Trinajstić information content (AvgIpc) is 3.00. The van der Waals surface area contributed by atoms with Crippen molar-refractivity contribution >= 4 is 27.7 Å². The second-order valence-corrected chi connectivity index (χ2v) is 4.94. The topological polar surface area (TPSA) is 66.5 Å². The Morgan fingerprint density at radius 3 is 3.06 bits per heavy atom. The number of aromatic nitrogens is 1. The lowest BCUT2D eigenvalue weighted by molar-refractivity contribution is 0.530. The molecule has 2 heterocycles. The van der Waals surface area contributed by atoms with Crippen LogP contribution >= 0.6 is 11.3 Å². The number of anilines is 2. The van der Waals surface area contributed by atoms with Gasteiger partial charge in [0, 0.05) is 18.5 Å². The number of allylic oxidation sites excluding steroid dienone is 1. The average molecular weight is 235 g/mol. The van der Waals surface area contributed by atoms with Crippen LogP contribution in [-0.4, -0.2) is 23.5 Å². The largest absolute Gasteiger partial charge is 0.375 e. The van der Waals surface area contributed by atoms with E-state index in [0.717, 1.165) is 5.00 Å². The Kier molecular flexibility index (Phi) is 2.37. The van der Waals surface area contributed by atoms with Crippen LogP contribution in [0.15, 0.2) is 23.5 Å². The quantitative estimate of drug-likeness (QED) is 0.825. The van der Waals surface area contributed by atoms with Gasteiger partial charge < -0.3 is 10.6 Å². The summed E-state index contributed by atoms with van der Waals surface area (Å²) >= 11 is 1.47. The van der Waals surface area contributed by atoms with Crippen molar-refractivity contribution in [2.45, 2.75) is 25.2 Å². The van der Waals surface area contributed by atoms with Crippen molar-refractivity contribution in [1.29, 1.82) is 0 Å². The minimum Gasteiger partial charge on any atom is -0.375 e. The first-order valence-electron chi connectivity index (χ1n) is 5.28. The second-order valence-electron chi connectivity index (χ2n) is 3.90. The Morgan fingerprint density at radius 2 is 2.38 bits per heavy atom. The molecule has 0 saturated heterocycles. The molecule has 0 spiro atoms. The SMILES string of the molecule is Nc1ncc(N2C=CC=NC2NC2CC2)s1. The molecule has 1 atom stereocenters. The molecule has 0 amide bonds. The predicted molar refractivity (Wildman–Crippen MR) is 66.6 cm³/mol. The monoisotopic (exact) mass is 235 g/mol. The molecule has 1 saturated carbocycles. The molecule has 3 rings (SSSR count). The first kappa shape index (κ1) is 9.80. The molecule has 1 unspecified atom stereocenters. The highest BCUT2D eigenvalue weighted by atomic mass is 32.1. The Bertz CT molecular complexity index is 434. The molecule has 1 fully saturated rings. The molecule has 6 heteroatoms. The molecule has 1 aromatic heterocycles. The first-order chi connectivity index (χ1) is 7.83. The van der Waals surface area contributed by atoms with Crippen molar-refractivity contribution in [2.75, 3.05) is 10.6 Å². The Morgan fingerprint density at radius 1 is 1.50 bits per heavy atom. The predicted octanol–water partition coefficient (Wildman–Crippen LogP) is 1.17. The zero-order chi connectivity index (χ0) is 11.0. The molecule has 3 N–H and O–H groups in total. The van der Waals surface area contributed by atoms with Gasteiger partial charge in [0.1, 0.15) is 5.00 Å². The highest BCUT2D eigenvalue weighted by Gasteiger charge is 2.28. The van der Waals surface area contributed by atoms with Crippen molar-refractivity contribution < 1.29 is 0 Å². The van der Waals surface area contributed by atoms with Gasteiger partial charge >= 0.3 is 0 Å². The van der Waals surface area contributed by atoms with Crippen LogP contribution in [0.5, 0.6) is 0 Å². The fourth-order valence-corrected chi connectivity index (χ4v) is 2.28. The molecule has 0 aromatic carbocycles. The third-order valence-corrected chi connectivity index (χ3v) is 3.39. The van der Waals surface area contributed by atoms with E-state index in [1.807, 2.05) is 18.5 Å². The van der Waals surface area contributed by atoms with Gasteiger partial charge in [-0.25, -0.2) is 4.98 Å². The zero-order valence-corrected chi connectivity index (χ0v) is 9.52. The van der Waals surface area contributed by atoms with Gasteiger partial charge in [-0.1, -0.05) is 11.3 Å². The number of nitrogen functional groups attached to an aromatic ring is 1. The molecule has 5 nitrogen and oxygen atoms in total. The summed E-state index contributed by atoms with van der Waals surface area (Å²) in [5, 5.41) is 5.07. The molecule has 1 aliphatic carbocycles. The summed E-state index contributed by atoms with van der Waals surface area (Å²) in [6.45, 7) is 0. The maximum Gasteiger partial charge on any atom is 0.181 e. The number of hydrogen-bond acceptors (Lipinski definition) is 6. The summed E-state index contributed by atoms with van der Waals surface area (Å²) in [6, 6.07) is 0.612. The second kappa shape index (κ2) is 3.88. The molecule has 16 heavy (non-hydrogen) atoms. The van der Waals surface area contributed by atoms with E-state index in [4.69, 9.17) is 5.73 Å². The number of thiazole rings is 1. The van der Waals surface area contributed by atoms with E-state index in [1.165, 1.54) is 24.2 Å². The van der Waals surface area contributed by atoms with Crippen LogP contribution in [0.2, 0.25) is 0 Å². The van der Waals surface area contributed by atoms with Crippen molar-refractivity contribution in [2.24, 2.45) is 4.99 Å². The molecule has 2 aliphatic rings. The summed E-state index contributed by atoms with van der Waals surface area (Å²) in [5.41, 5.74) is 5.64. The van der Waals surface area contributed by atoms with Gasteiger partial charge in [0.15, 0.2) is 11.4 Å². The first-order valence-corrected chi connectivity index (χ1v) is 6.10. The van der Waals surface area contributed by atoms with Crippen molar-refractivity contribution in [3.8, 4) is 0 Å². The summed E-state index contributed by atoms with van der Waals surface area (Å²) in [5.74, 6) is 0. The van der Waals surface area contributed by atoms with Gasteiger partial charge in [0.2, 0.25) is 0 Å². The highest BCUT2D eigenvalue weighted by molar-refractivity contribution is 7.19.